The lowest BCUT2D eigenvalue weighted by atomic mass is 10.0. The van der Waals surface area contributed by atoms with Gasteiger partial charge in [-0.1, -0.05) is 26.2 Å². The molecule has 1 saturated carbocycles. The normalized spacial score (nSPS) is 16.9. The third kappa shape index (κ3) is 3.68. The molecule has 1 aromatic heterocycles. The molecule has 5 nitrogen and oxygen atoms in total. The number of hydrogen-bond donors (Lipinski definition) is 2. The third-order valence-electron chi connectivity index (χ3n) is 3.89. The highest BCUT2D eigenvalue weighted by Crippen LogP contribution is 2.33. The number of nitrogens with one attached hydrogen (secondary N) is 2. The van der Waals surface area contributed by atoms with E-state index in [4.69, 9.17) is 0 Å². The molecule has 0 bridgehead atoms. The fourth-order valence-electron chi connectivity index (χ4n) is 2.78. The van der Waals surface area contributed by atoms with E-state index >= 15 is 0 Å². The maximum absolute atomic E-state index is 11.8. The summed E-state index contributed by atoms with van der Waals surface area (Å²) in [6, 6.07) is 1.74. The van der Waals surface area contributed by atoms with E-state index in [0.29, 0.717) is 11.9 Å². The lowest BCUT2D eigenvalue weighted by Crippen LogP contribution is -2.38. The molecule has 2 rings (SSSR count). The molecule has 1 aliphatic carbocycles. The van der Waals surface area contributed by atoms with E-state index in [0.717, 1.165) is 18.5 Å². The van der Waals surface area contributed by atoms with E-state index in [9.17, 15) is 4.79 Å². The molecule has 1 aliphatic rings. The lowest BCUT2D eigenvalue weighted by Gasteiger charge is -2.17. The zero-order valence-corrected chi connectivity index (χ0v) is 12.4. The van der Waals surface area contributed by atoms with Crippen molar-refractivity contribution in [3.8, 4) is 0 Å². The van der Waals surface area contributed by atoms with Crippen molar-refractivity contribution in [2.45, 2.75) is 57.4 Å². The van der Waals surface area contributed by atoms with Gasteiger partial charge >= 0.3 is 0 Å². The fourth-order valence-corrected chi connectivity index (χ4v) is 2.78. The van der Waals surface area contributed by atoms with Gasteiger partial charge in [0.05, 0.1) is 0 Å². The van der Waals surface area contributed by atoms with Gasteiger partial charge in [-0.2, -0.15) is 0 Å². The van der Waals surface area contributed by atoms with Crippen molar-refractivity contribution in [2.24, 2.45) is 0 Å². The molecule has 5 heteroatoms. The van der Waals surface area contributed by atoms with Crippen LogP contribution in [0.3, 0.4) is 0 Å². The number of amides is 1. The minimum atomic E-state index is -0.260. The van der Waals surface area contributed by atoms with Gasteiger partial charge in [-0.15, -0.1) is 0 Å². The molecule has 1 atom stereocenters. The number of carbonyl (C=O) groups excluding carboxylic acids is 1. The summed E-state index contributed by atoms with van der Waals surface area (Å²) in [5, 5.41) is 5.84. The van der Waals surface area contributed by atoms with Crippen molar-refractivity contribution in [3.63, 3.8) is 0 Å². The van der Waals surface area contributed by atoms with Crippen molar-refractivity contribution in [1.82, 2.24) is 15.3 Å². The maximum Gasteiger partial charge on any atom is 0.242 e. The summed E-state index contributed by atoms with van der Waals surface area (Å²) in [6.45, 7) is 2.06. The summed E-state index contributed by atoms with van der Waals surface area (Å²) in [6.07, 6.45) is 8.50. The van der Waals surface area contributed by atoms with E-state index < -0.39 is 0 Å². The molecule has 0 aliphatic heterocycles. The van der Waals surface area contributed by atoms with Crippen molar-refractivity contribution in [2.75, 3.05) is 12.4 Å². The Hall–Kier alpha value is -1.65. The van der Waals surface area contributed by atoms with Gasteiger partial charge in [-0.25, -0.2) is 9.97 Å². The first-order chi connectivity index (χ1) is 9.74. The summed E-state index contributed by atoms with van der Waals surface area (Å²) in [4.78, 5) is 20.7. The average molecular weight is 276 g/mol. The molecule has 0 aromatic carbocycles. The smallest absolute Gasteiger partial charge is 0.242 e. The Balaban J connectivity index is 2.07. The van der Waals surface area contributed by atoms with Crippen LogP contribution in [0.4, 0.5) is 5.95 Å². The summed E-state index contributed by atoms with van der Waals surface area (Å²) < 4.78 is 0. The Morgan fingerprint density at radius 2 is 2.20 bits per heavy atom. The molecule has 1 amide bonds. The van der Waals surface area contributed by atoms with E-state index in [1.54, 1.807) is 13.2 Å². The second-order valence-electron chi connectivity index (χ2n) is 5.39. The molecule has 110 valence electrons. The largest absolute Gasteiger partial charge is 0.357 e. The molecule has 1 aromatic rings. The number of rotatable bonds is 6. The van der Waals surface area contributed by atoms with Crippen molar-refractivity contribution in [3.05, 3.63) is 18.0 Å². The Kier molecular flexibility index (Phi) is 5.32. The first-order valence-electron chi connectivity index (χ1n) is 7.55. The number of carbonyl (C=O) groups is 1. The highest BCUT2D eigenvalue weighted by molar-refractivity contribution is 5.83. The minimum Gasteiger partial charge on any atom is -0.357 e. The van der Waals surface area contributed by atoms with Gasteiger partial charge in [0, 0.05) is 24.9 Å². The predicted octanol–water partition coefficient (Wildman–Crippen LogP) is 2.46. The predicted molar refractivity (Wildman–Crippen MR) is 79.6 cm³/mol. The zero-order chi connectivity index (χ0) is 14.4. The topological polar surface area (TPSA) is 66.9 Å². The van der Waals surface area contributed by atoms with Crippen LogP contribution in [0, 0.1) is 0 Å². The summed E-state index contributed by atoms with van der Waals surface area (Å²) in [5.74, 6) is 1.11. The molecule has 0 spiro atoms. The van der Waals surface area contributed by atoms with Gasteiger partial charge in [0.25, 0.3) is 0 Å². The molecule has 2 N–H and O–H groups in total. The monoisotopic (exact) mass is 276 g/mol. The van der Waals surface area contributed by atoms with Crippen LogP contribution in [0.15, 0.2) is 12.3 Å². The van der Waals surface area contributed by atoms with Crippen LogP contribution in [0.2, 0.25) is 0 Å². The lowest BCUT2D eigenvalue weighted by molar-refractivity contribution is -0.121. The van der Waals surface area contributed by atoms with Crippen molar-refractivity contribution < 1.29 is 4.79 Å². The van der Waals surface area contributed by atoms with Crippen LogP contribution in [-0.2, 0) is 4.79 Å². The standard InChI is InChI=1S/C15H24N4O/c1-3-6-13(14(20)16-2)19-15-17-10-9-12(18-15)11-7-4-5-8-11/h9-11,13H,3-8H2,1-2H3,(H,16,20)(H,17,18,19). The fraction of sp³-hybridized carbons (Fsp3) is 0.667. The number of nitrogens with zero attached hydrogens (tertiary/aromatic N) is 2. The van der Waals surface area contributed by atoms with Gasteiger partial charge in [0.15, 0.2) is 0 Å². The van der Waals surface area contributed by atoms with Crippen LogP contribution < -0.4 is 10.6 Å². The number of anilines is 1. The highest BCUT2D eigenvalue weighted by Gasteiger charge is 2.20. The van der Waals surface area contributed by atoms with E-state index in [2.05, 4.69) is 27.5 Å². The quantitative estimate of drug-likeness (QED) is 0.837. The van der Waals surface area contributed by atoms with Gasteiger partial charge in [-0.05, 0) is 25.3 Å². The maximum atomic E-state index is 11.8. The number of aromatic nitrogens is 2. The highest BCUT2D eigenvalue weighted by atomic mass is 16.2. The van der Waals surface area contributed by atoms with Crippen LogP contribution in [-0.4, -0.2) is 29.0 Å². The third-order valence-corrected chi connectivity index (χ3v) is 3.89. The summed E-state index contributed by atoms with van der Waals surface area (Å²) in [5.41, 5.74) is 1.10. The van der Waals surface area contributed by atoms with Crippen molar-refractivity contribution in [1.29, 1.82) is 0 Å². The summed E-state index contributed by atoms with van der Waals surface area (Å²) in [7, 11) is 1.66. The van der Waals surface area contributed by atoms with Gasteiger partial charge in [0.2, 0.25) is 11.9 Å². The average Bonchev–Trinajstić information content (AvgIpc) is 3.00. The molecular formula is C15H24N4O. The van der Waals surface area contributed by atoms with Crippen LogP contribution in [0.25, 0.3) is 0 Å². The zero-order valence-electron chi connectivity index (χ0n) is 12.4. The molecular weight excluding hydrogens is 252 g/mol. The first kappa shape index (κ1) is 14.8. The number of hydrogen-bond acceptors (Lipinski definition) is 4. The Bertz CT molecular complexity index is 443. The molecule has 1 heterocycles. The van der Waals surface area contributed by atoms with Gasteiger partial charge in [-0.3, -0.25) is 4.79 Å². The van der Waals surface area contributed by atoms with E-state index in [1.165, 1.54) is 25.7 Å². The van der Waals surface area contributed by atoms with Gasteiger partial charge in [0.1, 0.15) is 6.04 Å². The van der Waals surface area contributed by atoms with Crippen LogP contribution in [0.5, 0.6) is 0 Å². The van der Waals surface area contributed by atoms with Crippen LogP contribution in [0.1, 0.15) is 57.1 Å². The van der Waals surface area contributed by atoms with Gasteiger partial charge < -0.3 is 10.6 Å². The summed E-state index contributed by atoms with van der Waals surface area (Å²) >= 11 is 0. The molecule has 20 heavy (non-hydrogen) atoms. The molecule has 0 radical (unpaired) electrons. The minimum absolute atomic E-state index is 0.0123. The Morgan fingerprint density at radius 1 is 1.45 bits per heavy atom. The second-order valence-corrected chi connectivity index (χ2v) is 5.39. The van der Waals surface area contributed by atoms with E-state index in [-0.39, 0.29) is 11.9 Å². The van der Waals surface area contributed by atoms with Crippen molar-refractivity contribution >= 4 is 11.9 Å². The molecule has 0 saturated heterocycles. The first-order valence-corrected chi connectivity index (χ1v) is 7.55. The SMILES string of the molecule is CCCC(Nc1nccc(C2CCCC2)n1)C(=O)NC. The molecule has 1 unspecified atom stereocenters. The Morgan fingerprint density at radius 3 is 2.85 bits per heavy atom. The number of likely N-dealkylation sites (N-methyl/N-ethyl adjacent to an activating group) is 1. The van der Waals surface area contributed by atoms with Crippen LogP contribution >= 0.6 is 0 Å². The second kappa shape index (κ2) is 7.22. The Labute approximate surface area is 120 Å². The van der Waals surface area contributed by atoms with E-state index in [1.807, 2.05) is 6.07 Å². The molecule has 1 fully saturated rings.